The van der Waals surface area contributed by atoms with Crippen molar-refractivity contribution in [2.45, 2.75) is 13.8 Å². The molecule has 4 aromatic rings. The van der Waals surface area contributed by atoms with Crippen molar-refractivity contribution in [1.82, 2.24) is 4.57 Å². The maximum atomic E-state index is 13.3. The van der Waals surface area contributed by atoms with Gasteiger partial charge in [-0.2, -0.15) is 0 Å². The van der Waals surface area contributed by atoms with Crippen molar-refractivity contribution in [2.75, 3.05) is 7.11 Å². The van der Waals surface area contributed by atoms with Gasteiger partial charge in [0.05, 0.1) is 28.7 Å². The molecule has 0 atom stereocenters. The molecule has 0 aliphatic carbocycles. The third-order valence-electron chi connectivity index (χ3n) is 5.14. The first-order chi connectivity index (χ1) is 14.8. The summed E-state index contributed by atoms with van der Waals surface area (Å²) in [5.41, 5.74) is 2.15. The minimum Gasteiger partial charge on any atom is -0.465 e. The monoisotopic (exact) mass is 418 g/mol. The average molecular weight is 418 g/mol. The second-order valence-corrected chi connectivity index (χ2v) is 7.05. The SMILES string of the molecule is COC(=O)c1c(C)n(C(=O)c2ccc(-c3ccc(C)cc3[N+](=O)[O-])o2)c2ccccc12. The number of aromatic nitrogens is 1. The fourth-order valence-electron chi connectivity index (χ4n) is 3.70. The van der Waals surface area contributed by atoms with Crippen LogP contribution in [-0.2, 0) is 4.74 Å². The zero-order valence-corrected chi connectivity index (χ0v) is 17.0. The smallest absolute Gasteiger partial charge is 0.340 e. The van der Waals surface area contributed by atoms with Crippen molar-refractivity contribution >= 4 is 28.5 Å². The molecule has 0 N–H and O–H groups in total. The number of para-hydroxylation sites is 1. The summed E-state index contributed by atoms with van der Waals surface area (Å²) >= 11 is 0. The van der Waals surface area contributed by atoms with Crippen LogP contribution in [0.5, 0.6) is 0 Å². The molecule has 0 radical (unpaired) electrons. The van der Waals surface area contributed by atoms with Gasteiger partial charge in [0.25, 0.3) is 11.6 Å². The van der Waals surface area contributed by atoms with E-state index in [4.69, 9.17) is 9.15 Å². The van der Waals surface area contributed by atoms with Gasteiger partial charge in [0.1, 0.15) is 5.76 Å². The zero-order valence-electron chi connectivity index (χ0n) is 17.0. The predicted octanol–water partition coefficient (Wildman–Crippen LogP) is 4.90. The van der Waals surface area contributed by atoms with E-state index in [1.54, 1.807) is 50.2 Å². The maximum Gasteiger partial charge on any atom is 0.340 e. The second-order valence-electron chi connectivity index (χ2n) is 7.05. The van der Waals surface area contributed by atoms with Crippen LogP contribution in [0.3, 0.4) is 0 Å². The van der Waals surface area contributed by atoms with Crippen molar-refractivity contribution in [2.24, 2.45) is 0 Å². The van der Waals surface area contributed by atoms with Crippen LogP contribution >= 0.6 is 0 Å². The van der Waals surface area contributed by atoms with Crippen LogP contribution in [0.2, 0.25) is 0 Å². The number of aryl methyl sites for hydroxylation is 1. The van der Waals surface area contributed by atoms with Gasteiger partial charge >= 0.3 is 5.97 Å². The fraction of sp³-hybridized carbons (Fsp3) is 0.130. The maximum absolute atomic E-state index is 13.3. The summed E-state index contributed by atoms with van der Waals surface area (Å²) in [5, 5.41) is 12.0. The van der Waals surface area contributed by atoms with Crippen LogP contribution in [-0.4, -0.2) is 28.5 Å². The number of rotatable bonds is 4. The van der Waals surface area contributed by atoms with E-state index in [1.807, 2.05) is 0 Å². The molecule has 0 bridgehead atoms. The van der Waals surface area contributed by atoms with Gasteiger partial charge < -0.3 is 9.15 Å². The Balaban J connectivity index is 1.83. The van der Waals surface area contributed by atoms with Gasteiger partial charge in [-0.1, -0.05) is 24.3 Å². The molecule has 2 aromatic heterocycles. The Kier molecular flexibility index (Phi) is 4.90. The molecule has 0 amide bonds. The highest BCUT2D eigenvalue weighted by Crippen LogP contribution is 2.33. The Hall–Kier alpha value is -4.20. The Morgan fingerprint density at radius 1 is 1.06 bits per heavy atom. The van der Waals surface area contributed by atoms with Crippen molar-refractivity contribution in [1.29, 1.82) is 0 Å². The summed E-state index contributed by atoms with van der Waals surface area (Å²) in [6.45, 7) is 3.41. The highest BCUT2D eigenvalue weighted by atomic mass is 16.6. The normalized spacial score (nSPS) is 10.9. The van der Waals surface area contributed by atoms with E-state index >= 15 is 0 Å². The summed E-state index contributed by atoms with van der Waals surface area (Å²) in [4.78, 5) is 36.6. The Labute approximate surface area is 176 Å². The number of carbonyl (C=O) groups excluding carboxylic acids is 2. The molecule has 156 valence electrons. The second kappa shape index (κ2) is 7.56. The van der Waals surface area contributed by atoms with Crippen LogP contribution in [0.1, 0.15) is 32.2 Å². The number of furan rings is 1. The highest BCUT2D eigenvalue weighted by molar-refractivity contribution is 6.11. The fourth-order valence-corrected chi connectivity index (χ4v) is 3.70. The lowest BCUT2D eigenvalue weighted by Crippen LogP contribution is -2.14. The van der Waals surface area contributed by atoms with Gasteiger partial charge in [0.2, 0.25) is 0 Å². The number of carbonyl (C=O) groups is 2. The summed E-state index contributed by atoms with van der Waals surface area (Å²) in [5.74, 6) is -0.844. The van der Waals surface area contributed by atoms with Crippen molar-refractivity contribution in [3.05, 3.63) is 87.3 Å². The van der Waals surface area contributed by atoms with Gasteiger partial charge in [-0.05, 0) is 43.7 Å². The van der Waals surface area contributed by atoms with Crippen LogP contribution in [0.15, 0.2) is 59.0 Å². The minimum atomic E-state index is -0.546. The van der Waals surface area contributed by atoms with Gasteiger partial charge in [-0.15, -0.1) is 0 Å². The Bertz CT molecular complexity index is 1360. The molecule has 4 rings (SSSR count). The first-order valence-corrected chi connectivity index (χ1v) is 9.41. The lowest BCUT2D eigenvalue weighted by Gasteiger charge is -2.05. The third kappa shape index (κ3) is 3.28. The number of ether oxygens (including phenoxy) is 1. The van der Waals surface area contributed by atoms with E-state index < -0.39 is 16.8 Å². The van der Waals surface area contributed by atoms with Crippen molar-refractivity contribution < 1.29 is 23.7 Å². The quantitative estimate of drug-likeness (QED) is 0.265. The number of methoxy groups -OCH3 is 1. The number of nitro groups is 1. The summed E-state index contributed by atoms with van der Waals surface area (Å²) in [7, 11) is 1.28. The molecule has 31 heavy (non-hydrogen) atoms. The topological polar surface area (TPSA) is 105 Å². The lowest BCUT2D eigenvalue weighted by molar-refractivity contribution is -0.384. The molecular weight excluding hydrogens is 400 g/mol. The van der Waals surface area contributed by atoms with E-state index in [0.29, 0.717) is 22.2 Å². The van der Waals surface area contributed by atoms with Crippen molar-refractivity contribution in [3.8, 4) is 11.3 Å². The van der Waals surface area contributed by atoms with Gasteiger partial charge in [0.15, 0.2) is 5.76 Å². The van der Waals surface area contributed by atoms with Crippen LogP contribution in [0.25, 0.3) is 22.2 Å². The molecule has 8 heteroatoms. The van der Waals surface area contributed by atoms with Gasteiger partial charge in [-0.25, -0.2) is 4.79 Å². The van der Waals surface area contributed by atoms with Gasteiger partial charge in [0, 0.05) is 17.1 Å². The molecule has 0 aliphatic heterocycles. The minimum absolute atomic E-state index is 0.00913. The van der Waals surface area contributed by atoms with Crippen LogP contribution in [0.4, 0.5) is 5.69 Å². The number of nitrogens with zero attached hydrogens (tertiary/aromatic N) is 2. The molecule has 2 aromatic carbocycles. The molecule has 0 fully saturated rings. The zero-order chi connectivity index (χ0) is 22.3. The van der Waals surface area contributed by atoms with Crippen LogP contribution in [0, 0.1) is 24.0 Å². The number of esters is 1. The van der Waals surface area contributed by atoms with E-state index in [2.05, 4.69) is 0 Å². The third-order valence-corrected chi connectivity index (χ3v) is 5.14. The molecule has 8 nitrogen and oxygen atoms in total. The van der Waals surface area contributed by atoms with E-state index in [0.717, 1.165) is 5.56 Å². The predicted molar refractivity (Wildman–Crippen MR) is 113 cm³/mol. The van der Waals surface area contributed by atoms with E-state index in [9.17, 15) is 19.7 Å². The molecule has 0 unspecified atom stereocenters. The number of hydrogen-bond acceptors (Lipinski definition) is 6. The number of benzene rings is 2. The first-order valence-electron chi connectivity index (χ1n) is 9.41. The number of nitro benzene ring substituents is 1. The summed E-state index contributed by atoms with van der Waals surface area (Å²) < 4.78 is 12.0. The molecular formula is C23H18N2O6. The molecule has 0 saturated carbocycles. The molecule has 0 spiro atoms. The lowest BCUT2D eigenvalue weighted by atomic mass is 10.1. The summed E-state index contributed by atoms with van der Waals surface area (Å²) in [6.07, 6.45) is 0. The average Bonchev–Trinajstić information content (AvgIpc) is 3.35. The highest BCUT2D eigenvalue weighted by Gasteiger charge is 2.26. The standard InChI is InChI=1S/C23H18N2O6/c1-13-8-9-15(18(12-13)25(28)29)19-10-11-20(31-19)22(26)24-14(2)21(23(27)30-3)16-6-4-5-7-17(16)24/h4-12H,1-3H3. The van der Waals surface area contributed by atoms with Gasteiger partial charge in [-0.3, -0.25) is 19.5 Å². The Morgan fingerprint density at radius 3 is 2.52 bits per heavy atom. The first kappa shape index (κ1) is 20.1. The molecule has 0 aliphatic rings. The Morgan fingerprint density at radius 2 is 1.81 bits per heavy atom. The largest absolute Gasteiger partial charge is 0.465 e. The van der Waals surface area contributed by atoms with Crippen LogP contribution < -0.4 is 0 Å². The van der Waals surface area contributed by atoms with E-state index in [-0.39, 0.29) is 22.8 Å². The summed E-state index contributed by atoms with van der Waals surface area (Å²) in [6, 6.07) is 14.8. The molecule has 2 heterocycles. The van der Waals surface area contributed by atoms with E-state index in [1.165, 1.54) is 29.9 Å². The van der Waals surface area contributed by atoms with Crippen molar-refractivity contribution in [3.63, 3.8) is 0 Å². The number of fused-ring (bicyclic) bond motifs is 1. The molecule has 0 saturated heterocycles. The number of hydrogen-bond donors (Lipinski definition) is 0.